The van der Waals surface area contributed by atoms with Gasteiger partial charge < -0.3 is 21.1 Å². The van der Waals surface area contributed by atoms with Crippen molar-refractivity contribution in [1.82, 2.24) is 16.0 Å². The van der Waals surface area contributed by atoms with Gasteiger partial charge >= 0.3 is 12.0 Å². The second-order valence-corrected chi connectivity index (χ2v) is 8.73. The molecule has 1 atom stereocenters. The zero-order chi connectivity index (χ0) is 18.7. The second-order valence-electron chi connectivity index (χ2n) is 8.73. The summed E-state index contributed by atoms with van der Waals surface area (Å²) in [5.74, 6) is 1.30. The SMILES string of the molecule is CC(CCC(=O)O)NC(=O)CCNC(=O)NC12CC3CC(CC(C3)C1)C2. The smallest absolute Gasteiger partial charge is 0.315 e. The monoisotopic (exact) mass is 365 g/mol. The molecule has 4 aliphatic rings. The van der Waals surface area contributed by atoms with E-state index in [2.05, 4.69) is 16.0 Å². The lowest BCUT2D eigenvalue weighted by Crippen LogP contribution is -2.61. The van der Waals surface area contributed by atoms with E-state index in [0.29, 0.717) is 6.42 Å². The number of hydrogen-bond acceptors (Lipinski definition) is 3. The highest BCUT2D eigenvalue weighted by Crippen LogP contribution is 2.55. The van der Waals surface area contributed by atoms with Crippen LogP contribution in [-0.4, -0.2) is 41.1 Å². The number of nitrogens with one attached hydrogen (secondary N) is 3. The molecule has 4 aliphatic carbocycles. The van der Waals surface area contributed by atoms with E-state index < -0.39 is 5.97 Å². The summed E-state index contributed by atoms with van der Waals surface area (Å²) in [4.78, 5) is 34.7. The van der Waals surface area contributed by atoms with Crippen LogP contribution < -0.4 is 16.0 Å². The molecule has 4 saturated carbocycles. The van der Waals surface area contributed by atoms with Gasteiger partial charge in [0.25, 0.3) is 0 Å². The summed E-state index contributed by atoms with van der Waals surface area (Å²) in [5, 5.41) is 17.4. The third kappa shape index (κ3) is 4.89. The number of carbonyl (C=O) groups excluding carboxylic acids is 2. The van der Waals surface area contributed by atoms with Crippen LogP contribution in [0.5, 0.6) is 0 Å². The molecule has 4 rings (SSSR count). The van der Waals surface area contributed by atoms with Crippen molar-refractivity contribution in [2.24, 2.45) is 17.8 Å². The molecule has 146 valence electrons. The molecule has 4 bridgehead atoms. The molecule has 0 aromatic heterocycles. The zero-order valence-electron chi connectivity index (χ0n) is 15.6. The molecule has 7 nitrogen and oxygen atoms in total. The van der Waals surface area contributed by atoms with Gasteiger partial charge in [-0.05, 0) is 69.6 Å². The van der Waals surface area contributed by atoms with Crippen LogP contribution in [0.1, 0.15) is 64.7 Å². The maximum absolute atomic E-state index is 12.3. The van der Waals surface area contributed by atoms with Crippen molar-refractivity contribution >= 4 is 17.9 Å². The summed E-state index contributed by atoms with van der Waals surface area (Å²) in [5.41, 5.74) is -0.0214. The lowest BCUT2D eigenvalue weighted by atomic mass is 9.53. The van der Waals surface area contributed by atoms with Crippen LogP contribution in [0.3, 0.4) is 0 Å². The van der Waals surface area contributed by atoms with E-state index in [0.717, 1.165) is 37.0 Å². The first-order valence-electron chi connectivity index (χ1n) is 9.91. The van der Waals surface area contributed by atoms with Gasteiger partial charge in [0, 0.05) is 31.0 Å². The minimum absolute atomic E-state index is 0.0214. The fraction of sp³-hybridized carbons (Fsp3) is 0.842. The van der Waals surface area contributed by atoms with Crippen LogP contribution in [0.15, 0.2) is 0 Å². The summed E-state index contributed by atoms with van der Waals surface area (Å²) >= 11 is 0. The third-order valence-corrected chi connectivity index (χ3v) is 6.25. The molecule has 7 heteroatoms. The van der Waals surface area contributed by atoms with Crippen molar-refractivity contribution in [2.45, 2.75) is 76.3 Å². The Kier molecular flexibility index (Phi) is 5.73. The number of carbonyl (C=O) groups is 3. The Bertz CT molecular complexity index is 528. The van der Waals surface area contributed by atoms with Gasteiger partial charge in [-0.25, -0.2) is 4.79 Å². The van der Waals surface area contributed by atoms with E-state index in [1.54, 1.807) is 6.92 Å². The van der Waals surface area contributed by atoms with Crippen molar-refractivity contribution in [3.8, 4) is 0 Å². The first-order valence-corrected chi connectivity index (χ1v) is 9.91. The molecule has 4 fully saturated rings. The maximum atomic E-state index is 12.3. The predicted octanol–water partition coefficient (Wildman–Crippen LogP) is 2.01. The van der Waals surface area contributed by atoms with Gasteiger partial charge in [0.1, 0.15) is 0 Å². The van der Waals surface area contributed by atoms with Crippen LogP contribution in [-0.2, 0) is 9.59 Å². The molecule has 3 amide bonds. The van der Waals surface area contributed by atoms with E-state index in [-0.39, 0.29) is 42.9 Å². The largest absolute Gasteiger partial charge is 0.481 e. The van der Waals surface area contributed by atoms with Crippen molar-refractivity contribution in [1.29, 1.82) is 0 Å². The molecule has 0 aliphatic heterocycles. The quantitative estimate of drug-likeness (QED) is 0.528. The van der Waals surface area contributed by atoms with Crippen LogP contribution in [0, 0.1) is 17.8 Å². The topological polar surface area (TPSA) is 108 Å². The Morgan fingerprint density at radius 3 is 2.15 bits per heavy atom. The third-order valence-electron chi connectivity index (χ3n) is 6.25. The van der Waals surface area contributed by atoms with E-state index in [9.17, 15) is 14.4 Å². The molecular weight excluding hydrogens is 334 g/mol. The molecule has 0 saturated heterocycles. The molecular formula is C19H31N3O4. The molecule has 26 heavy (non-hydrogen) atoms. The summed E-state index contributed by atoms with van der Waals surface area (Å²) in [7, 11) is 0. The van der Waals surface area contributed by atoms with Crippen LogP contribution >= 0.6 is 0 Å². The van der Waals surface area contributed by atoms with Gasteiger partial charge in [0.05, 0.1) is 0 Å². The lowest BCUT2D eigenvalue weighted by Gasteiger charge is -2.56. The number of carboxylic acids is 1. The Balaban J connectivity index is 1.34. The highest BCUT2D eigenvalue weighted by atomic mass is 16.4. The predicted molar refractivity (Wildman–Crippen MR) is 96.5 cm³/mol. The molecule has 0 aromatic carbocycles. The fourth-order valence-corrected chi connectivity index (χ4v) is 5.60. The number of rotatable bonds is 8. The zero-order valence-corrected chi connectivity index (χ0v) is 15.6. The first-order chi connectivity index (χ1) is 12.3. The number of hydrogen-bond donors (Lipinski definition) is 4. The normalized spacial score (nSPS) is 32.7. The average Bonchev–Trinajstić information content (AvgIpc) is 2.51. The summed E-state index contributed by atoms with van der Waals surface area (Å²) < 4.78 is 0. The molecule has 0 aromatic rings. The molecule has 0 heterocycles. The molecule has 0 radical (unpaired) electrons. The Morgan fingerprint density at radius 1 is 1.04 bits per heavy atom. The van der Waals surface area contributed by atoms with Crippen LogP contribution in [0.4, 0.5) is 4.79 Å². The van der Waals surface area contributed by atoms with Gasteiger partial charge in [0.15, 0.2) is 0 Å². The Hall–Kier alpha value is -1.79. The number of carboxylic acid groups (broad SMARTS) is 1. The van der Waals surface area contributed by atoms with Crippen molar-refractivity contribution in [3.05, 3.63) is 0 Å². The summed E-state index contributed by atoms with van der Waals surface area (Å²) in [6.45, 7) is 2.07. The highest BCUT2D eigenvalue weighted by Gasteiger charge is 2.51. The van der Waals surface area contributed by atoms with Crippen molar-refractivity contribution in [3.63, 3.8) is 0 Å². The molecule has 4 N–H and O–H groups in total. The maximum Gasteiger partial charge on any atom is 0.315 e. The van der Waals surface area contributed by atoms with Crippen molar-refractivity contribution in [2.75, 3.05) is 6.54 Å². The minimum atomic E-state index is -0.867. The van der Waals surface area contributed by atoms with Crippen LogP contribution in [0.2, 0.25) is 0 Å². The van der Waals surface area contributed by atoms with Gasteiger partial charge in [-0.15, -0.1) is 0 Å². The van der Waals surface area contributed by atoms with E-state index >= 15 is 0 Å². The van der Waals surface area contributed by atoms with E-state index in [4.69, 9.17) is 5.11 Å². The van der Waals surface area contributed by atoms with Gasteiger partial charge in [-0.2, -0.15) is 0 Å². The minimum Gasteiger partial charge on any atom is -0.481 e. The molecule has 0 spiro atoms. The fourth-order valence-electron chi connectivity index (χ4n) is 5.60. The van der Waals surface area contributed by atoms with E-state index in [1.165, 1.54) is 19.3 Å². The second kappa shape index (κ2) is 7.84. The van der Waals surface area contributed by atoms with Gasteiger partial charge in [-0.1, -0.05) is 0 Å². The van der Waals surface area contributed by atoms with Gasteiger partial charge in [0.2, 0.25) is 5.91 Å². The Morgan fingerprint density at radius 2 is 1.62 bits per heavy atom. The summed E-state index contributed by atoms with van der Waals surface area (Å²) in [6.07, 6.45) is 7.96. The van der Waals surface area contributed by atoms with Crippen LogP contribution in [0.25, 0.3) is 0 Å². The van der Waals surface area contributed by atoms with Crippen molar-refractivity contribution < 1.29 is 19.5 Å². The van der Waals surface area contributed by atoms with Gasteiger partial charge in [-0.3, -0.25) is 9.59 Å². The average molecular weight is 365 g/mol. The number of aliphatic carboxylic acids is 1. The number of urea groups is 1. The highest BCUT2D eigenvalue weighted by molar-refractivity contribution is 5.78. The Labute approximate surface area is 154 Å². The summed E-state index contributed by atoms with van der Waals surface area (Å²) in [6, 6.07) is -0.349. The molecule has 1 unspecified atom stereocenters. The number of amides is 3. The van der Waals surface area contributed by atoms with E-state index in [1.807, 2.05) is 0 Å². The standard InChI is InChI=1S/C19H31N3O4/c1-12(2-3-17(24)25)21-16(23)4-5-20-18(26)22-19-9-13-6-14(10-19)8-15(7-13)11-19/h12-15H,2-11H2,1H3,(H,21,23)(H,24,25)(H2,20,22,26). The first kappa shape index (κ1) is 19.0. The lowest BCUT2D eigenvalue weighted by molar-refractivity contribution is -0.137.